The molecule has 0 aliphatic rings. The van der Waals surface area contributed by atoms with Crippen LogP contribution < -0.4 is 16.4 Å². The van der Waals surface area contributed by atoms with E-state index >= 15 is 0 Å². The summed E-state index contributed by atoms with van der Waals surface area (Å²) in [5.74, 6) is 0.295. The first-order chi connectivity index (χ1) is 12.9. The molecule has 3 N–H and O–H groups in total. The van der Waals surface area contributed by atoms with Crippen LogP contribution in [0.25, 0.3) is 10.9 Å². The van der Waals surface area contributed by atoms with Gasteiger partial charge in [-0.2, -0.15) is 0 Å². The molecule has 0 bridgehead atoms. The Kier molecular flexibility index (Phi) is 6.21. The van der Waals surface area contributed by atoms with E-state index in [9.17, 15) is 9.59 Å². The van der Waals surface area contributed by atoms with Gasteiger partial charge in [0.25, 0.3) is 5.56 Å². The van der Waals surface area contributed by atoms with Crippen molar-refractivity contribution in [2.45, 2.75) is 19.3 Å². The minimum Gasteiger partial charge on any atom is -0.310 e. The van der Waals surface area contributed by atoms with Crippen LogP contribution in [0.2, 0.25) is 15.1 Å². The predicted molar refractivity (Wildman–Crippen MR) is 109 cm³/mol. The Bertz CT molecular complexity index is 1030. The maximum Gasteiger partial charge on any atom is 0.258 e. The van der Waals surface area contributed by atoms with Crippen LogP contribution in [0.3, 0.4) is 0 Å². The molecule has 0 spiro atoms. The van der Waals surface area contributed by atoms with Gasteiger partial charge in [0.1, 0.15) is 5.82 Å². The molecule has 3 rings (SSSR count). The van der Waals surface area contributed by atoms with E-state index in [0.29, 0.717) is 50.3 Å². The Morgan fingerprint density at radius 3 is 2.56 bits per heavy atom. The molecule has 0 unspecified atom stereocenters. The van der Waals surface area contributed by atoms with E-state index < -0.39 is 0 Å². The van der Waals surface area contributed by atoms with Gasteiger partial charge >= 0.3 is 0 Å². The van der Waals surface area contributed by atoms with E-state index in [2.05, 4.69) is 20.8 Å². The summed E-state index contributed by atoms with van der Waals surface area (Å²) in [4.78, 5) is 31.2. The SMILES string of the molecule is O=C(CCCc1nc2ccccc2c(=O)[nH]1)NNc1c(Cl)cc(Cl)cc1Cl. The van der Waals surface area contributed by atoms with Crippen LogP contribution in [-0.4, -0.2) is 15.9 Å². The number of aryl methyl sites for hydroxylation is 1. The monoisotopic (exact) mass is 424 g/mol. The number of carbonyl (C=O) groups is 1. The number of para-hydroxylation sites is 1. The van der Waals surface area contributed by atoms with Crippen LogP contribution in [0.1, 0.15) is 18.7 Å². The lowest BCUT2D eigenvalue weighted by Crippen LogP contribution is -2.29. The van der Waals surface area contributed by atoms with E-state index in [-0.39, 0.29) is 17.9 Å². The molecule has 1 aromatic heterocycles. The second kappa shape index (κ2) is 8.61. The highest BCUT2D eigenvalue weighted by atomic mass is 35.5. The predicted octanol–water partition coefficient (Wildman–Crippen LogP) is 4.35. The molecule has 140 valence electrons. The largest absolute Gasteiger partial charge is 0.310 e. The Labute approximate surface area is 169 Å². The fraction of sp³-hybridized carbons (Fsp3) is 0.167. The molecule has 0 aliphatic heterocycles. The third-order valence-corrected chi connectivity index (χ3v) is 4.63. The molecule has 0 radical (unpaired) electrons. The van der Waals surface area contributed by atoms with Crippen molar-refractivity contribution in [1.82, 2.24) is 15.4 Å². The van der Waals surface area contributed by atoms with Gasteiger partial charge in [-0.3, -0.25) is 20.4 Å². The van der Waals surface area contributed by atoms with Gasteiger partial charge in [0.05, 0.1) is 26.6 Å². The Morgan fingerprint density at radius 2 is 1.81 bits per heavy atom. The number of carbonyl (C=O) groups excluding carboxylic acids is 1. The normalized spacial score (nSPS) is 10.8. The van der Waals surface area contributed by atoms with Crippen LogP contribution >= 0.6 is 34.8 Å². The maximum absolute atomic E-state index is 12.0. The summed E-state index contributed by atoms with van der Waals surface area (Å²) < 4.78 is 0. The van der Waals surface area contributed by atoms with Crippen LogP contribution in [0.5, 0.6) is 0 Å². The van der Waals surface area contributed by atoms with Crippen LogP contribution in [0.4, 0.5) is 5.69 Å². The Balaban J connectivity index is 1.54. The number of hydrazine groups is 1. The number of hydrogen-bond donors (Lipinski definition) is 3. The highest BCUT2D eigenvalue weighted by Gasteiger charge is 2.10. The van der Waals surface area contributed by atoms with Crippen molar-refractivity contribution >= 4 is 57.3 Å². The third-order valence-electron chi connectivity index (χ3n) is 3.81. The van der Waals surface area contributed by atoms with E-state index in [1.54, 1.807) is 18.2 Å². The van der Waals surface area contributed by atoms with Crippen LogP contribution in [0.15, 0.2) is 41.2 Å². The number of fused-ring (bicyclic) bond motifs is 1. The van der Waals surface area contributed by atoms with Crippen molar-refractivity contribution in [1.29, 1.82) is 0 Å². The number of anilines is 1. The van der Waals surface area contributed by atoms with Gasteiger partial charge in [0, 0.05) is 17.9 Å². The number of nitrogens with zero attached hydrogens (tertiary/aromatic N) is 1. The third kappa shape index (κ3) is 4.91. The average Bonchev–Trinajstić information content (AvgIpc) is 2.61. The summed E-state index contributed by atoms with van der Waals surface area (Å²) in [6.07, 6.45) is 1.21. The number of H-pyrrole nitrogens is 1. The summed E-state index contributed by atoms with van der Waals surface area (Å²) in [6.45, 7) is 0. The molecule has 0 aliphatic carbocycles. The van der Waals surface area contributed by atoms with Crippen molar-refractivity contribution in [3.8, 4) is 0 Å². The lowest BCUT2D eigenvalue weighted by atomic mass is 10.2. The average molecular weight is 426 g/mol. The highest BCUT2D eigenvalue weighted by molar-refractivity contribution is 6.41. The first-order valence-electron chi connectivity index (χ1n) is 8.11. The molecular weight excluding hydrogens is 411 g/mol. The van der Waals surface area contributed by atoms with Crippen molar-refractivity contribution in [2.24, 2.45) is 0 Å². The number of rotatable bonds is 6. The summed E-state index contributed by atoms with van der Waals surface area (Å²) >= 11 is 17.9. The molecule has 0 fully saturated rings. The highest BCUT2D eigenvalue weighted by Crippen LogP contribution is 2.33. The molecule has 0 saturated carbocycles. The van der Waals surface area contributed by atoms with E-state index in [1.807, 2.05) is 6.07 Å². The summed E-state index contributed by atoms with van der Waals surface area (Å²) in [5.41, 5.74) is 6.05. The van der Waals surface area contributed by atoms with Gasteiger partial charge in [-0.15, -0.1) is 0 Å². The van der Waals surface area contributed by atoms with Gasteiger partial charge in [-0.1, -0.05) is 46.9 Å². The fourth-order valence-electron chi connectivity index (χ4n) is 2.53. The number of halogens is 3. The lowest BCUT2D eigenvalue weighted by molar-refractivity contribution is -0.120. The molecule has 0 saturated heterocycles. The summed E-state index contributed by atoms with van der Waals surface area (Å²) in [7, 11) is 0. The van der Waals surface area contributed by atoms with E-state index in [1.165, 1.54) is 12.1 Å². The smallest absolute Gasteiger partial charge is 0.258 e. The topological polar surface area (TPSA) is 86.9 Å². The molecule has 6 nitrogen and oxygen atoms in total. The number of aromatic nitrogens is 2. The molecule has 0 atom stereocenters. The van der Waals surface area contributed by atoms with Gasteiger partial charge in [-0.05, 0) is 30.7 Å². The molecule has 1 heterocycles. The molecule has 1 amide bonds. The Morgan fingerprint density at radius 1 is 1.11 bits per heavy atom. The van der Waals surface area contributed by atoms with E-state index in [0.717, 1.165) is 0 Å². The molecular formula is C18H15Cl3N4O2. The van der Waals surface area contributed by atoms with Gasteiger partial charge in [0.15, 0.2) is 0 Å². The zero-order valence-corrected chi connectivity index (χ0v) is 16.3. The van der Waals surface area contributed by atoms with Crippen molar-refractivity contribution < 1.29 is 4.79 Å². The second-order valence-corrected chi connectivity index (χ2v) is 7.05. The number of benzene rings is 2. The fourth-order valence-corrected chi connectivity index (χ4v) is 3.44. The summed E-state index contributed by atoms with van der Waals surface area (Å²) in [5, 5.41) is 1.54. The minimum absolute atomic E-state index is 0.186. The van der Waals surface area contributed by atoms with Gasteiger partial charge < -0.3 is 4.98 Å². The quantitative estimate of drug-likeness (QED) is 0.512. The molecule has 3 aromatic rings. The zero-order chi connectivity index (χ0) is 19.4. The number of hydrogen-bond acceptors (Lipinski definition) is 4. The number of aromatic amines is 1. The minimum atomic E-state index is -0.250. The van der Waals surface area contributed by atoms with Crippen LogP contribution in [0, 0.1) is 0 Å². The van der Waals surface area contributed by atoms with Crippen molar-refractivity contribution in [3.05, 3.63) is 67.6 Å². The van der Waals surface area contributed by atoms with Gasteiger partial charge in [0.2, 0.25) is 5.91 Å². The second-order valence-electron chi connectivity index (χ2n) is 5.80. The number of amides is 1. The van der Waals surface area contributed by atoms with E-state index in [4.69, 9.17) is 34.8 Å². The maximum atomic E-state index is 12.0. The van der Waals surface area contributed by atoms with Crippen LogP contribution in [-0.2, 0) is 11.2 Å². The zero-order valence-electron chi connectivity index (χ0n) is 14.0. The standard InChI is InChI=1S/C18H15Cl3N4O2/c19-10-8-12(20)17(13(21)9-10)25-24-16(26)7-3-6-15-22-14-5-2-1-4-11(14)18(27)23-15/h1-2,4-5,8-9,25H,3,6-7H2,(H,24,26)(H,22,23,27). The Hall–Kier alpha value is -2.28. The first-order valence-corrected chi connectivity index (χ1v) is 9.25. The lowest BCUT2D eigenvalue weighted by Gasteiger charge is -2.12. The molecule has 2 aromatic carbocycles. The molecule has 27 heavy (non-hydrogen) atoms. The van der Waals surface area contributed by atoms with Crippen molar-refractivity contribution in [3.63, 3.8) is 0 Å². The molecule has 9 heteroatoms. The van der Waals surface area contributed by atoms with Gasteiger partial charge in [-0.25, -0.2) is 4.98 Å². The van der Waals surface area contributed by atoms with Crippen molar-refractivity contribution in [2.75, 3.05) is 5.43 Å². The first kappa shape index (κ1) is 19.5. The summed E-state index contributed by atoms with van der Waals surface area (Å²) in [6, 6.07) is 10.2. The number of nitrogens with one attached hydrogen (secondary N) is 3.